The van der Waals surface area contributed by atoms with Crippen LogP contribution in [0.5, 0.6) is 0 Å². The Balaban J connectivity index is 0.000000414. The Hall–Kier alpha value is -3.67. The van der Waals surface area contributed by atoms with Gasteiger partial charge in [0.05, 0.1) is 20.4 Å². The highest BCUT2D eigenvalue weighted by atomic mass is 32.2. The highest BCUT2D eigenvalue weighted by Crippen LogP contribution is 2.42. The fourth-order valence-corrected chi connectivity index (χ4v) is 4.24. The Labute approximate surface area is 213 Å². The van der Waals surface area contributed by atoms with Gasteiger partial charge in [0.1, 0.15) is 5.54 Å². The van der Waals surface area contributed by atoms with Crippen LogP contribution in [0.15, 0.2) is 103 Å². The topological polar surface area (TPSA) is 91.2 Å². The number of likely N-dealkylation sites (N-methyl/N-ethyl adjacent to an activating group) is 1. The summed E-state index contributed by atoms with van der Waals surface area (Å²) >= 11 is 0. The second-order valence-electron chi connectivity index (χ2n) is 8.15. The Morgan fingerprint density at radius 2 is 1.22 bits per heavy atom. The Morgan fingerprint density at radius 1 is 0.865 bits per heavy atom. The summed E-state index contributed by atoms with van der Waals surface area (Å²) in [6.45, 7) is 0.642. The molecule has 1 aliphatic heterocycles. The molecule has 0 aliphatic carbocycles. The maximum atomic E-state index is 12.4. The number of quaternary nitrogens is 1. The van der Waals surface area contributed by atoms with Gasteiger partial charge in [-0.15, -0.1) is 0 Å². The number of nitrogens with one attached hydrogen (secondary N) is 1. The first-order valence-corrected chi connectivity index (χ1v) is 12.4. The summed E-state index contributed by atoms with van der Waals surface area (Å²) in [4.78, 5) is 15.6. The Kier molecular flexibility index (Phi) is 8.42. The first kappa shape index (κ1) is 27.9. The molecule has 1 N–H and O–H groups in total. The van der Waals surface area contributed by atoms with Crippen molar-refractivity contribution in [1.82, 2.24) is 4.90 Å². The lowest BCUT2D eigenvalue weighted by Gasteiger charge is -2.42. The van der Waals surface area contributed by atoms with Gasteiger partial charge in [0.15, 0.2) is 16.8 Å². The van der Waals surface area contributed by atoms with Gasteiger partial charge in [0, 0.05) is 0 Å². The van der Waals surface area contributed by atoms with E-state index in [1.165, 1.54) is 7.11 Å². The predicted octanol–water partition coefficient (Wildman–Crippen LogP) is 2.83. The highest BCUT2D eigenvalue weighted by molar-refractivity contribution is 7.86. The largest absolute Gasteiger partial charge is 0.741 e. The zero-order valence-electron chi connectivity index (χ0n) is 20.0. The van der Waals surface area contributed by atoms with Crippen molar-refractivity contribution in [3.05, 3.63) is 120 Å². The molecule has 4 rings (SSSR count). The quantitative estimate of drug-likeness (QED) is 0.234. The van der Waals surface area contributed by atoms with Gasteiger partial charge in [-0.05, 0) is 16.7 Å². The van der Waals surface area contributed by atoms with Crippen molar-refractivity contribution in [3.63, 3.8) is 0 Å². The van der Waals surface area contributed by atoms with Crippen LogP contribution in [-0.2, 0) is 25.2 Å². The third-order valence-corrected chi connectivity index (χ3v) is 6.41. The van der Waals surface area contributed by atoms with Gasteiger partial charge < -0.3 is 14.2 Å². The van der Waals surface area contributed by atoms with Gasteiger partial charge in [-0.1, -0.05) is 91.0 Å². The smallest absolute Gasteiger partial charge is 0.485 e. The Bertz CT molecular complexity index is 1240. The molecule has 3 aromatic rings. The van der Waals surface area contributed by atoms with E-state index in [4.69, 9.17) is 17.7 Å². The summed E-state index contributed by atoms with van der Waals surface area (Å²) in [5.74, 6) is -0.298. The second-order valence-corrected chi connectivity index (χ2v) is 9.52. The number of hydrogen-bond donors (Lipinski definition) is 1. The minimum atomic E-state index is -6.09. The summed E-state index contributed by atoms with van der Waals surface area (Å²) in [7, 11) is -2.67. The average Bonchev–Trinajstić information content (AvgIpc) is 3.27. The number of esters is 1. The van der Waals surface area contributed by atoms with Gasteiger partial charge >= 0.3 is 11.5 Å². The number of rotatable bonds is 5. The number of methoxy groups -OCH3 is 1. The van der Waals surface area contributed by atoms with Crippen LogP contribution in [0.2, 0.25) is 0 Å². The highest BCUT2D eigenvalue weighted by Gasteiger charge is 2.46. The van der Waals surface area contributed by atoms with Crippen LogP contribution in [-0.4, -0.2) is 50.2 Å². The fourth-order valence-electron chi connectivity index (χ4n) is 4.24. The van der Waals surface area contributed by atoms with E-state index in [-0.39, 0.29) is 5.97 Å². The average molecular weight is 535 g/mol. The van der Waals surface area contributed by atoms with Crippen LogP contribution in [0.4, 0.5) is 13.2 Å². The van der Waals surface area contributed by atoms with E-state index >= 15 is 0 Å². The number of carbonyl (C=O) groups excluding carboxylic acids is 1. The van der Waals surface area contributed by atoms with Crippen molar-refractivity contribution in [3.8, 4) is 0 Å². The van der Waals surface area contributed by atoms with E-state index in [0.717, 1.165) is 21.6 Å². The molecule has 0 saturated carbocycles. The van der Waals surface area contributed by atoms with E-state index in [1.807, 2.05) is 31.4 Å². The van der Waals surface area contributed by atoms with Crippen LogP contribution < -0.4 is 4.90 Å². The minimum absolute atomic E-state index is 0.298. The zero-order chi connectivity index (χ0) is 27.3. The van der Waals surface area contributed by atoms with E-state index in [9.17, 15) is 18.0 Å². The third-order valence-electron chi connectivity index (χ3n) is 5.85. The van der Waals surface area contributed by atoms with Crippen LogP contribution in [0.1, 0.15) is 16.7 Å². The first-order chi connectivity index (χ1) is 17.4. The molecule has 1 heterocycles. The number of hydrogen-bond acceptors (Lipinski definition) is 6. The summed E-state index contributed by atoms with van der Waals surface area (Å²) < 4.78 is 63.9. The molecule has 0 amide bonds. The molecule has 3 aromatic carbocycles. The lowest BCUT2D eigenvalue weighted by molar-refractivity contribution is -0.837. The molecular formula is C26H25F3N2O5S. The molecule has 37 heavy (non-hydrogen) atoms. The van der Waals surface area contributed by atoms with Crippen molar-refractivity contribution in [2.24, 2.45) is 0 Å². The molecule has 1 aliphatic rings. The van der Waals surface area contributed by atoms with Gasteiger partial charge in [0.25, 0.3) is 0 Å². The van der Waals surface area contributed by atoms with Crippen molar-refractivity contribution >= 4 is 16.1 Å². The molecule has 0 radical (unpaired) electrons. The van der Waals surface area contributed by atoms with E-state index in [0.29, 0.717) is 12.4 Å². The lowest BCUT2D eigenvalue weighted by atomic mass is 9.76. The predicted molar refractivity (Wildman–Crippen MR) is 129 cm³/mol. The second kappa shape index (κ2) is 11.2. The number of carbonyl (C=O) groups is 1. The molecular weight excluding hydrogens is 509 g/mol. The van der Waals surface area contributed by atoms with Gasteiger partial charge in [-0.25, -0.2) is 13.2 Å². The van der Waals surface area contributed by atoms with Crippen LogP contribution >= 0.6 is 0 Å². The molecule has 196 valence electrons. The summed E-state index contributed by atoms with van der Waals surface area (Å²) in [5.41, 5.74) is -2.15. The number of halogens is 3. The summed E-state index contributed by atoms with van der Waals surface area (Å²) in [5, 5.41) is 0. The molecule has 0 saturated heterocycles. The molecule has 0 aromatic heterocycles. The van der Waals surface area contributed by atoms with Crippen LogP contribution in [0.3, 0.4) is 0 Å². The number of benzene rings is 3. The normalized spacial score (nSPS) is 15.9. The van der Waals surface area contributed by atoms with Gasteiger partial charge in [0.2, 0.25) is 5.70 Å². The monoisotopic (exact) mass is 534 g/mol. The number of ether oxygens (including phenoxy) is 1. The van der Waals surface area contributed by atoms with E-state index in [1.54, 1.807) is 0 Å². The van der Waals surface area contributed by atoms with Crippen LogP contribution in [0, 0.1) is 0 Å². The van der Waals surface area contributed by atoms with Gasteiger partial charge in [-0.3, -0.25) is 4.90 Å². The molecule has 0 fully saturated rings. The van der Waals surface area contributed by atoms with Crippen molar-refractivity contribution < 1.29 is 40.6 Å². The molecule has 1 atom stereocenters. The maximum Gasteiger partial charge on any atom is 0.485 e. The van der Waals surface area contributed by atoms with E-state index in [2.05, 4.69) is 77.7 Å². The molecule has 7 nitrogen and oxygen atoms in total. The summed E-state index contributed by atoms with van der Waals surface area (Å²) in [6, 6.07) is 31.4. The van der Waals surface area contributed by atoms with Gasteiger partial charge in [-0.2, -0.15) is 13.2 Å². The SMILES string of the molecule is COC(=O)C1=CN(C(c2ccccc2)(c2ccccc2)c2ccccc2)C[NH+]1C.O=S(=O)([O-])C(F)(F)F. The molecule has 0 spiro atoms. The number of alkyl halides is 3. The molecule has 1 unspecified atom stereocenters. The number of nitrogens with zero attached hydrogens (tertiary/aromatic N) is 1. The minimum Gasteiger partial charge on any atom is -0.741 e. The standard InChI is InChI=1S/C25H24N2O2.CHF3O3S/c1-26-19-27(18-23(26)24(28)29-2)25(20-12-6-3-7-13-20,21-14-8-4-9-15-21)22-16-10-5-11-17-22;2-1(3,4)8(5,6)7/h3-18H,19H2,1-2H3;(H,5,6,7). The zero-order valence-corrected chi connectivity index (χ0v) is 20.8. The maximum absolute atomic E-state index is 12.4. The fraction of sp³-hybridized carbons (Fsp3) is 0.192. The first-order valence-electron chi connectivity index (χ1n) is 11.0. The molecule has 11 heteroatoms. The van der Waals surface area contributed by atoms with Crippen LogP contribution in [0.25, 0.3) is 0 Å². The molecule has 0 bridgehead atoms. The van der Waals surface area contributed by atoms with E-state index < -0.39 is 21.2 Å². The van der Waals surface area contributed by atoms with Crippen molar-refractivity contribution in [2.75, 3.05) is 20.8 Å². The van der Waals surface area contributed by atoms with Crippen molar-refractivity contribution in [1.29, 1.82) is 0 Å². The lowest BCUT2D eigenvalue weighted by Crippen LogP contribution is -3.07. The third kappa shape index (κ3) is 5.85. The summed E-state index contributed by atoms with van der Waals surface area (Å²) in [6.07, 6.45) is 1.95. The van der Waals surface area contributed by atoms with Crippen molar-refractivity contribution in [2.45, 2.75) is 11.0 Å². The Morgan fingerprint density at radius 3 is 1.51 bits per heavy atom.